The number of anilines is 1. The first-order valence-electron chi connectivity index (χ1n) is 9.71. The third kappa shape index (κ3) is 3.72. The summed E-state index contributed by atoms with van der Waals surface area (Å²) in [5.74, 6) is 1.68. The van der Waals surface area contributed by atoms with Crippen LogP contribution in [0.3, 0.4) is 0 Å². The predicted molar refractivity (Wildman–Crippen MR) is 120 cm³/mol. The van der Waals surface area contributed by atoms with Gasteiger partial charge in [-0.15, -0.1) is 0 Å². The van der Waals surface area contributed by atoms with Crippen molar-refractivity contribution in [2.75, 3.05) is 5.32 Å². The first kappa shape index (κ1) is 18.6. The average Bonchev–Trinajstić information content (AvgIpc) is 2.77. The highest BCUT2D eigenvalue weighted by atomic mass is 32.2. The van der Waals surface area contributed by atoms with E-state index in [1.807, 2.05) is 91.9 Å². The number of carbonyl (C=O) groups excluding carboxylic acids is 1. The molecule has 30 heavy (non-hydrogen) atoms. The molecule has 1 heterocycles. The Morgan fingerprint density at radius 3 is 2.53 bits per heavy atom. The zero-order valence-electron chi connectivity index (χ0n) is 16.3. The van der Waals surface area contributed by atoms with Gasteiger partial charge in [-0.25, -0.2) is 4.79 Å². The van der Waals surface area contributed by atoms with Crippen LogP contribution in [0, 0.1) is 0 Å². The Hall–Kier alpha value is -3.44. The van der Waals surface area contributed by atoms with E-state index >= 15 is 0 Å². The Balaban J connectivity index is 1.28. The Morgan fingerprint density at radius 2 is 1.63 bits per heavy atom. The summed E-state index contributed by atoms with van der Waals surface area (Å²) < 4.78 is 11.6. The number of benzene rings is 4. The first-order chi connectivity index (χ1) is 14.7. The minimum atomic E-state index is -0.482. The van der Waals surface area contributed by atoms with E-state index < -0.39 is 12.2 Å². The fourth-order valence-corrected chi connectivity index (χ4v) is 4.44. The van der Waals surface area contributed by atoms with Crippen molar-refractivity contribution < 1.29 is 14.3 Å². The third-order valence-electron chi connectivity index (χ3n) is 5.01. The van der Waals surface area contributed by atoms with Gasteiger partial charge < -0.3 is 9.47 Å². The summed E-state index contributed by atoms with van der Waals surface area (Å²) in [5.41, 5.74) is 1.62. The van der Waals surface area contributed by atoms with Crippen LogP contribution in [0.2, 0.25) is 0 Å². The predicted octanol–water partition coefficient (Wildman–Crippen LogP) is 7.41. The van der Waals surface area contributed by atoms with E-state index in [1.165, 1.54) is 0 Å². The molecule has 0 saturated heterocycles. The van der Waals surface area contributed by atoms with E-state index in [1.54, 1.807) is 11.8 Å². The van der Waals surface area contributed by atoms with Gasteiger partial charge in [0.05, 0.1) is 9.79 Å². The van der Waals surface area contributed by atoms with Crippen molar-refractivity contribution in [1.29, 1.82) is 0 Å². The summed E-state index contributed by atoms with van der Waals surface area (Å²) in [6.45, 7) is 1.87. The standard InChI is InChI=1S/C25H19NO3S/c1-16(28-25(27)26-20-12-10-17-6-2-3-7-19(17)14-20)18-11-13-22-24(15-18)30-23-9-5-4-8-21(23)29-22/h2-16H,1H3,(H,26,27). The van der Waals surface area contributed by atoms with E-state index in [0.29, 0.717) is 5.69 Å². The summed E-state index contributed by atoms with van der Waals surface area (Å²) in [6, 6.07) is 27.6. The Morgan fingerprint density at radius 1 is 0.867 bits per heavy atom. The Kier molecular flexibility index (Phi) is 4.81. The van der Waals surface area contributed by atoms with E-state index in [2.05, 4.69) is 5.32 Å². The van der Waals surface area contributed by atoms with Crippen LogP contribution in [0.25, 0.3) is 10.8 Å². The van der Waals surface area contributed by atoms with E-state index in [-0.39, 0.29) is 0 Å². The molecule has 1 aliphatic heterocycles. The van der Waals surface area contributed by atoms with Crippen molar-refractivity contribution in [2.24, 2.45) is 0 Å². The summed E-state index contributed by atoms with van der Waals surface area (Å²) in [5, 5.41) is 5.01. The molecule has 4 aromatic carbocycles. The molecule has 148 valence electrons. The van der Waals surface area contributed by atoms with Crippen LogP contribution in [0.1, 0.15) is 18.6 Å². The maximum atomic E-state index is 12.4. The van der Waals surface area contributed by atoms with Crippen LogP contribution in [0.15, 0.2) is 94.7 Å². The average molecular weight is 413 g/mol. The van der Waals surface area contributed by atoms with Crippen molar-refractivity contribution >= 4 is 34.3 Å². The van der Waals surface area contributed by atoms with Crippen molar-refractivity contribution in [3.05, 3.63) is 90.5 Å². The fourth-order valence-electron chi connectivity index (χ4n) is 3.44. The number of para-hydroxylation sites is 1. The Labute approximate surface area is 178 Å². The lowest BCUT2D eigenvalue weighted by Crippen LogP contribution is -2.16. The molecule has 1 aliphatic rings. The summed E-state index contributed by atoms with van der Waals surface area (Å²) in [7, 11) is 0. The zero-order valence-corrected chi connectivity index (χ0v) is 17.1. The molecule has 5 heteroatoms. The molecule has 1 unspecified atom stereocenters. The summed E-state index contributed by atoms with van der Waals surface area (Å²) in [4.78, 5) is 14.5. The monoisotopic (exact) mass is 413 g/mol. The maximum absolute atomic E-state index is 12.4. The lowest BCUT2D eigenvalue weighted by atomic mass is 10.1. The molecular weight excluding hydrogens is 394 g/mol. The molecule has 1 amide bonds. The quantitative estimate of drug-likeness (QED) is 0.335. The lowest BCUT2D eigenvalue weighted by molar-refractivity contribution is 0.121. The number of hydrogen-bond acceptors (Lipinski definition) is 4. The van der Waals surface area contributed by atoms with Crippen molar-refractivity contribution in [3.8, 4) is 11.5 Å². The molecule has 4 aromatic rings. The third-order valence-corrected chi connectivity index (χ3v) is 6.10. The number of nitrogens with one attached hydrogen (secondary N) is 1. The van der Waals surface area contributed by atoms with Gasteiger partial charge in [-0.3, -0.25) is 5.32 Å². The Bertz CT molecular complexity index is 1250. The highest BCUT2D eigenvalue weighted by molar-refractivity contribution is 7.99. The normalized spacial score (nSPS) is 13.0. The SMILES string of the molecule is CC(OC(=O)Nc1ccc2ccccc2c1)c1ccc2c(c1)Sc1ccccc1O2. The molecule has 0 fully saturated rings. The van der Waals surface area contributed by atoms with Crippen LogP contribution in [0.4, 0.5) is 10.5 Å². The molecular formula is C25H19NO3S. The number of rotatable bonds is 3. The van der Waals surface area contributed by atoms with Gasteiger partial charge in [0.2, 0.25) is 0 Å². The molecule has 0 aromatic heterocycles. The van der Waals surface area contributed by atoms with Gasteiger partial charge in [0.15, 0.2) is 0 Å². The highest BCUT2D eigenvalue weighted by Gasteiger charge is 2.20. The van der Waals surface area contributed by atoms with Gasteiger partial charge in [0, 0.05) is 5.69 Å². The molecule has 5 rings (SSSR count). The number of carbonyl (C=O) groups is 1. The maximum Gasteiger partial charge on any atom is 0.412 e. The fraction of sp³-hybridized carbons (Fsp3) is 0.0800. The van der Waals surface area contributed by atoms with Crippen molar-refractivity contribution in [2.45, 2.75) is 22.8 Å². The van der Waals surface area contributed by atoms with Crippen molar-refractivity contribution in [1.82, 2.24) is 0 Å². The molecule has 0 radical (unpaired) electrons. The minimum absolute atomic E-state index is 0.395. The highest BCUT2D eigenvalue weighted by Crippen LogP contribution is 2.47. The summed E-state index contributed by atoms with van der Waals surface area (Å²) in [6.07, 6.45) is -0.877. The molecule has 0 bridgehead atoms. The molecule has 1 N–H and O–H groups in total. The first-order valence-corrected chi connectivity index (χ1v) is 10.5. The van der Waals surface area contributed by atoms with E-state index in [4.69, 9.17) is 9.47 Å². The van der Waals surface area contributed by atoms with E-state index in [9.17, 15) is 4.79 Å². The topological polar surface area (TPSA) is 47.6 Å². The smallest absolute Gasteiger partial charge is 0.412 e. The number of ether oxygens (including phenoxy) is 2. The number of hydrogen-bond donors (Lipinski definition) is 1. The van der Waals surface area contributed by atoms with Gasteiger partial charge >= 0.3 is 6.09 Å². The second kappa shape index (κ2) is 7.76. The van der Waals surface area contributed by atoms with Crippen LogP contribution >= 0.6 is 11.8 Å². The van der Waals surface area contributed by atoms with Gasteiger partial charge in [-0.1, -0.05) is 60.3 Å². The van der Waals surface area contributed by atoms with E-state index in [0.717, 1.165) is 37.6 Å². The van der Waals surface area contributed by atoms with Gasteiger partial charge in [-0.05, 0) is 59.7 Å². The lowest BCUT2D eigenvalue weighted by Gasteiger charge is -2.21. The largest absolute Gasteiger partial charge is 0.455 e. The van der Waals surface area contributed by atoms with Crippen molar-refractivity contribution in [3.63, 3.8) is 0 Å². The second-order valence-electron chi connectivity index (χ2n) is 7.09. The molecule has 1 atom stereocenters. The van der Waals surface area contributed by atoms with Crippen LogP contribution in [0.5, 0.6) is 11.5 Å². The van der Waals surface area contributed by atoms with Crippen LogP contribution in [-0.4, -0.2) is 6.09 Å². The van der Waals surface area contributed by atoms with Gasteiger partial charge in [-0.2, -0.15) is 0 Å². The van der Waals surface area contributed by atoms with Crippen LogP contribution in [-0.2, 0) is 4.74 Å². The second-order valence-corrected chi connectivity index (χ2v) is 8.18. The molecule has 0 spiro atoms. The van der Waals surface area contributed by atoms with Crippen LogP contribution < -0.4 is 10.1 Å². The molecule has 0 saturated carbocycles. The zero-order chi connectivity index (χ0) is 20.5. The van der Waals surface area contributed by atoms with Gasteiger partial charge in [0.1, 0.15) is 17.6 Å². The minimum Gasteiger partial charge on any atom is -0.455 e. The molecule has 0 aliphatic carbocycles. The van der Waals surface area contributed by atoms with Gasteiger partial charge in [0.25, 0.3) is 0 Å². The summed E-state index contributed by atoms with van der Waals surface area (Å²) >= 11 is 1.66. The molecule has 4 nitrogen and oxygen atoms in total. The number of fused-ring (bicyclic) bond motifs is 3. The number of amides is 1.